The van der Waals surface area contributed by atoms with Crippen LogP contribution in [0, 0.1) is 0 Å². The monoisotopic (exact) mass is 288 g/mol. The Morgan fingerprint density at radius 1 is 1.14 bits per heavy atom. The number of fused-ring (bicyclic) bond motifs is 1. The Morgan fingerprint density at radius 3 is 2.48 bits per heavy atom. The largest absolute Gasteiger partial charge is 0.468 e. The molecule has 0 amide bonds. The van der Waals surface area contributed by atoms with E-state index in [1.54, 1.807) is 0 Å². The first kappa shape index (κ1) is 15.3. The summed E-state index contributed by atoms with van der Waals surface area (Å²) in [6.45, 7) is 2.09. The summed E-state index contributed by atoms with van der Waals surface area (Å²) in [5.41, 5.74) is 3.13. The van der Waals surface area contributed by atoms with Gasteiger partial charge in [-0.3, -0.25) is 4.79 Å². The molecule has 0 saturated heterocycles. The molecule has 1 aromatic rings. The molecule has 0 N–H and O–H groups in total. The lowest BCUT2D eigenvalue weighted by Gasteiger charge is -2.13. The Morgan fingerprint density at radius 2 is 1.86 bits per heavy atom. The molecule has 1 aliphatic carbocycles. The zero-order chi connectivity index (χ0) is 15.4. The fraction of sp³-hybridized carbons (Fsp3) is 0.412. The van der Waals surface area contributed by atoms with Crippen molar-refractivity contribution in [3.05, 3.63) is 41.0 Å². The molecule has 0 heterocycles. The molecule has 1 atom stereocenters. The highest BCUT2D eigenvalue weighted by atomic mass is 16.5. The average Bonchev–Trinajstić information content (AvgIpc) is 2.85. The minimum absolute atomic E-state index is 0.422. The van der Waals surface area contributed by atoms with Gasteiger partial charge in [0.1, 0.15) is 5.92 Å². The van der Waals surface area contributed by atoms with Crippen LogP contribution in [0.2, 0.25) is 0 Å². The second kappa shape index (κ2) is 6.57. The quantitative estimate of drug-likeness (QED) is 0.781. The van der Waals surface area contributed by atoms with Gasteiger partial charge in [-0.05, 0) is 29.5 Å². The molecule has 1 aliphatic rings. The second-order valence-corrected chi connectivity index (χ2v) is 5.03. The highest BCUT2D eigenvalue weighted by Crippen LogP contribution is 2.45. The summed E-state index contributed by atoms with van der Waals surface area (Å²) in [6, 6.07) is 7.61. The van der Waals surface area contributed by atoms with Gasteiger partial charge in [-0.15, -0.1) is 0 Å². The van der Waals surface area contributed by atoms with E-state index in [1.807, 2.05) is 24.3 Å². The van der Waals surface area contributed by atoms with Crippen molar-refractivity contribution >= 4 is 17.5 Å². The van der Waals surface area contributed by atoms with Gasteiger partial charge < -0.3 is 9.47 Å². The zero-order valence-electron chi connectivity index (χ0n) is 12.6. The third-order valence-electron chi connectivity index (χ3n) is 3.83. The number of carbonyl (C=O) groups is 2. The number of hydrogen-bond donors (Lipinski definition) is 0. The average molecular weight is 288 g/mol. The van der Waals surface area contributed by atoms with Crippen LogP contribution in [0.25, 0.3) is 5.57 Å². The van der Waals surface area contributed by atoms with Crippen molar-refractivity contribution in [2.75, 3.05) is 14.2 Å². The molecular formula is C17H20O4. The van der Waals surface area contributed by atoms with E-state index in [0.29, 0.717) is 5.57 Å². The van der Waals surface area contributed by atoms with Gasteiger partial charge in [0, 0.05) is 0 Å². The minimum atomic E-state index is -0.675. The van der Waals surface area contributed by atoms with E-state index in [2.05, 4.69) is 6.92 Å². The van der Waals surface area contributed by atoms with Crippen LogP contribution in [-0.4, -0.2) is 26.2 Å². The molecule has 1 aromatic carbocycles. The van der Waals surface area contributed by atoms with E-state index in [0.717, 1.165) is 36.0 Å². The number of benzene rings is 1. The SMILES string of the molecule is CCCCC1=C(C(=O)OC)C(C(=O)OC)c2ccccc21. The van der Waals surface area contributed by atoms with Gasteiger partial charge in [0.15, 0.2) is 0 Å². The summed E-state index contributed by atoms with van der Waals surface area (Å²) in [5, 5.41) is 0. The molecule has 0 saturated carbocycles. The molecular weight excluding hydrogens is 268 g/mol. The molecule has 4 heteroatoms. The van der Waals surface area contributed by atoms with Gasteiger partial charge in [-0.1, -0.05) is 37.6 Å². The number of carbonyl (C=O) groups excluding carboxylic acids is 2. The number of esters is 2. The predicted octanol–water partition coefficient (Wildman–Crippen LogP) is 3.07. The molecule has 0 bridgehead atoms. The number of allylic oxidation sites excluding steroid dienone is 1. The number of unbranched alkanes of at least 4 members (excludes halogenated alkanes) is 1. The first-order valence-electron chi connectivity index (χ1n) is 7.14. The van der Waals surface area contributed by atoms with Crippen molar-refractivity contribution in [1.29, 1.82) is 0 Å². The third kappa shape index (κ3) is 2.71. The van der Waals surface area contributed by atoms with Crippen molar-refractivity contribution in [3.8, 4) is 0 Å². The molecule has 2 rings (SSSR count). The zero-order valence-corrected chi connectivity index (χ0v) is 12.6. The van der Waals surface area contributed by atoms with Gasteiger partial charge >= 0.3 is 11.9 Å². The van der Waals surface area contributed by atoms with Crippen LogP contribution in [0.5, 0.6) is 0 Å². The van der Waals surface area contributed by atoms with Crippen LogP contribution in [0.1, 0.15) is 43.2 Å². The minimum Gasteiger partial charge on any atom is -0.468 e. The molecule has 4 nitrogen and oxygen atoms in total. The summed E-state index contributed by atoms with van der Waals surface area (Å²) in [6.07, 6.45) is 2.73. The van der Waals surface area contributed by atoms with Gasteiger partial charge in [0.25, 0.3) is 0 Å². The van der Waals surface area contributed by atoms with Gasteiger partial charge in [0.2, 0.25) is 0 Å². The van der Waals surface area contributed by atoms with E-state index in [-0.39, 0.29) is 0 Å². The Balaban J connectivity index is 2.59. The fourth-order valence-electron chi connectivity index (χ4n) is 2.83. The number of rotatable bonds is 5. The van der Waals surface area contributed by atoms with Gasteiger partial charge in [-0.2, -0.15) is 0 Å². The number of ether oxygens (including phenoxy) is 2. The normalized spacial score (nSPS) is 16.6. The second-order valence-electron chi connectivity index (χ2n) is 5.03. The Hall–Kier alpha value is -2.10. The molecule has 112 valence electrons. The van der Waals surface area contributed by atoms with Gasteiger partial charge in [0.05, 0.1) is 19.8 Å². The van der Waals surface area contributed by atoms with Crippen LogP contribution in [-0.2, 0) is 19.1 Å². The highest BCUT2D eigenvalue weighted by Gasteiger charge is 2.40. The summed E-state index contributed by atoms with van der Waals surface area (Å²) in [7, 11) is 2.67. The molecule has 0 spiro atoms. The van der Waals surface area contributed by atoms with Crippen molar-refractivity contribution in [1.82, 2.24) is 0 Å². The van der Waals surface area contributed by atoms with Crippen molar-refractivity contribution in [3.63, 3.8) is 0 Å². The standard InChI is InChI=1S/C17H20O4/c1-4-5-8-12-11-9-6-7-10-13(11)15(17(19)21-3)14(12)16(18)20-2/h6-7,9-10,15H,4-5,8H2,1-3H3. The highest BCUT2D eigenvalue weighted by molar-refractivity contribution is 6.09. The fourth-order valence-corrected chi connectivity index (χ4v) is 2.83. The van der Waals surface area contributed by atoms with E-state index >= 15 is 0 Å². The first-order chi connectivity index (χ1) is 10.2. The van der Waals surface area contributed by atoms with Crippen molar-refractivity contribution in [2.24, 2.45) is 0 Å². The smallest absolute Gasteiger partial charge is 0.335 e. The van der Waals surface area contributed by atoms with Crippen LogP contribution in [0.4, 0.5) is 0 Å². The molecule has 0 aliphatic heterocycles. The topological polar surface area (TPSA) is 52.6 Å². The van der Waals surface area contributed by atoms with Crippen LogP contribution >= 0.6 is 0 Å². The van der Waals surface area contributed by atoms with Gasteiger partial charge in [-0.25, -0.2) is 4.79 Å². The lowest BCUT2D eigenvalue weighted by molar-refractivity contribution is -0.144. The molecule has 0 fully saturated rings. The Labute approximate surface area is 124 Å². The summed E-state index contributed by atoms with van der Waals surface area (Å²) >= 11 is 0. The maximum atomic E-state index is 12.2. The van der Waals surface area contributed by atoms with E-state index in [9.17, 15) is 9.59 Å². The molecule has 21 heavy (non-hydrogen) atoms. The van der Waals surface area contributed by atoms with Crippen LogP contribution in [0.15, 0.2) is 29.8 Å². The lowest BCUT2D eigenvalue weighted by Crippen LogP contribution is -2.20. The Bertz CT molecular complexity index is 586. The van der Waals surface area contributed by atoms with E-state index < -0.39 is 17.9 Å². The van der Waals surface area contributed by atoms with Crippen LogP contribution in [0.3, 0.4) is 0 Å². The molecule has 1 unspecified atom stereocenters. The summed E-state index contributed by atoms with van der Waals surface area (Å²) < 4.78 is 9.78. The van der Waals surface area contributed by atoms with E-state index in [1.165, 1.54) is 14.2 Å². The first-order valence-corrected chi connectivity index (χ1v) is 7.14. The summed E-state index contributed by atoms with van der Waals surface area (Å²) in [5.74, 6) is -1.55. The molecule has 0 aromatic heterocycles. The Kier molecular flexibility index (Phi) is 4.78. The van der Waals surface area contributed by atoms with E-state index in [4.69, 9.17) is 9.47 Å². The maximum Gasteiger partial charge on any atom is 0.335 e. The van der Waals surface area contributed by atoms with Crippen LogP contribution < -0.4 is 0 Å². The maximum absolute atomic E-state index is 12.2. The third-order valence-corrected chi connectivity index (χ3v) is 3.83. The summed E-state index contributed by atoms with van der Waals surface area (Å²) in [4.78, 5) is 24.4. The van der Waals surface area contributed by atoms with Crippen molar-refractivity contribution in [2.45, 2.75) is 32.1 Å². The number of methoxy groups -OCH3 is 2. The predicted molar refractivity (Wildman–Crippen MR) is 79.7 cm³/mol. The number of hydrogen-bond acceptors (Lipinski definition) is 4. The van der Waals surface area contributed by atoms with Crippen molar-refractivity contribution < 1.29 is 19.1 Å². The molecule has 0 radical (unpaired) electrons. The lowest BCUT2D eigenvalue weighted by atomic mass is 9.95.